The van der Waals surface area contributed by atoms with E-state index in [0.717, 1.165) is 24.2 Å². The van der Waals surface area contributed by atoms with E-state index in [2.05, 4.69) is 10.1 Å². The van der Waals surface area contributed by atoms with Crippen LogP contribution in [0.25, 0.3) is 0 Å². The molecule has 0 spiro atoms. The molecule has 2 fully saturated rings. The third-order valence-electron chi connectivity index (χ3n) is 5.47. The number of aryl methyl sites for hydroxylation is 2. The average molecular weight is 334 g/mol. The van der Waals surface area contributed by atoms with Crippen molar-refractivity contribution in [1.82, 2.24) is 19.9 Å². The Morgan fingerprint density at radius 3 is 2.62 bits per heavy atom. The Kier molecular flexibility index (Phi) is 4.38. The number of carbonyl (C=O) groups is 2. The van der Waals surface area contributed by atoms with Crippen molar-refractivity contribution >= 4 is 11.8 Å². The lowest BCUT2D eigenvalue weighted by atomic mass is 10.0. The van der Waals surface area contributed by atoms with E-state index in [0.29, 0.717) is 18.3 Å². The number of nitrogens with zero attached hydrogens (tertiary/aromatic N) is 4. The van der Waals surface area contributed by atoms with Crippen molar-refractivity contribution in [3.8, 4) is 0 Å². The topological polar surface area (TPSA) is 69.9 Å². The quantitative estimate of drug-likeness (QED) is 0.809. The Hall–Kier alpha value is -1.89. The van der Waals surface area contributed by atoms with Crippen molar-refractivity contribution in [3.05, 3.63) is 17.0 Å². The second kappa shape index (κ2) is 6.20. The largest absolute Gasteiger partial charge is 0.361 e. The Bertz CT molecular complexity index is 635. The van der Waals surface area contributed by atoms with Crippen LogP contribution in [0.2, 0.25) is 0 Å². The van der Waals surface area contributed by atoms with E-state index in [1.54, 1.807) is 4.90 Å². The molecule has 1 aromatic heterocycles. The molecule has 1 aromatic rings. The lowest BCUT2D eigenvalue weighted by molar-refractivity contribution is -0.152. The van der Waals surface area contributed by atoms with Crippen molar-refractivity contribution in [2.24, 2.45) is 0 Å². The average Bonchev–Trinajstić information content (AvgIpc) is 3.09. The predicted molar refractivity (Wildman–Crippen MR) is 88.4 cm³/mol. The molecule has 3 atom stereocenters. The van der Waals surface area contributed by atoms with E-state index in [1.165, 1.54) is 0 Å². The van der Waals surface area contributed by atoms with Gasteiger partial charge in [0.15, 0.2) is 0 Å². The van der Waals surface area contributed by atoms with E-state index in [9.17, 15) is 9.59 Å². The number of hydrogen-bond acceptors (Lipinski definition) is 5. The number of amides is 2. The number of hydrogen-bond donors (Lipinski definition) is 0. The molecule has 24 heavy (non-hydrogen) atoms. The van der Waals surface area contributed by atoms with Crippen molar-refractivity contribution in [2.75, 3.05) is 27.2 Å². The Morgan fingerprint density at radius 1 is 1.33 bits per heavy atom. The third-order valence-corrected chi connectivity index (χ3v) is 5.47. The van der Waals surface area contributed by atoms with Gasteiger partial charge in [-0.05, 0) is 41.3 Å². The van der Waals surface area contributed by atoms with Crippen LogP contribution in [0.5, 0.6) is 0 Å². The minimum atomic E-state index is -0.407. The second-order valence-electron chi connectivity index (χ2n) is 7.20. The van der Waals surface area contributed by atoms with E-state index >= 15 is 0 Å². The van der Waals surface area contributed by atoms with Crippen LogP contribution in [-0.2, 0) is 16.0 Å². The molecule has 2 amide bonds. The fourth-order valence-electron chi connectivity index (χ4n) is 3.79. The van der Waals surface area contributed by atoms with Crippen LogP contribution >= 0.6 is 0 Å². The number of fused-ring (bicyclic) bond motifs is 1. The first-order valence-corrected chi connectivity index (χ1v) is 8.47. The molecular formula is C17H26N4O3. The number of piperazine rings is 1. The van der Waals surface area contributed by atoms with Crippen LogP contribution in [0.3, 0.4) is 0 Å². The minimum absolute atomic E-state index is 0.0294. The maximum atomic E-state index is 12.8. The van der Waals surface area contributed by atoms with Crippen molar-refractivity contribution < 1.29 is 14.1 Å². The molecule has 3 unspecified atom stereocenters. The van der Waals surface area contributed by atoms with Crippen LogP contribution in [0.1, 0.15) is 30.4 Å². The molecule has 3 heterocycles. The molecule has 0 N–H and O–H groups in total. The second-order valence-corrected chi connectivity index (χ2v) is 7.20. The molecular weight excluding hydrogens is 308 g/mol. The highest BCUT2D eigenvalue weighted by atomic mass is 16.5. The first kappa shape index (κ1) is 17.0. The Labute approximate surface area is 142 Å². The van der Waals surface area contributed by atoms with Crippen LogP contribution in [0.15, 0.2) is 4.52 Å². The molecule has 7 heteroatoms. The van der Waals surface area contributed by atoms with Crippen LogP contribution in [-0.4, -0.2) is 77.0 Å². The summed E-state index contributed by atoms with van der Waals surface area (Å²) in [6, 6.07) is 0.0774. The summed E-state index contributed by atoms with van der Waals surface area (Å²) in [6.45, 7) is 6.84. The molecule has 2 aliphatic heterocycles. The summed E-state index contributed by atoms with van der Waals surface area (Å²) in [4.78, 5) is 31.4. The van der Waals surface area contributed by atoms with Gasteiger partial charge < -0.3 is 19.2 Å². The zero-order chi connectivity index (χ0) is 17.6. The van der Waals surface area contributed by atoms with Gasteiger partial charge in [0.2, 0.25) is 11.8 Å². The maximum absolute atomic E-state index is 12.8. The SMILES string of the molecule is Cc1noc(C)c1CC(=O)N1CC2CC(N(C)C)CN2C(=O)C1C. The van der Waals surface area contributed by atoms with Gasteiger partial charge in [-0.1, -0.05) is 5.16 Å². The number of aromatic nitrogens is 1. The highest BCUT2D eigenvalue weighted by molar-refractivity contribution is 5.90. The first-order valence-electron chi connectivity index (χ1n) is 8.47. The summed E-state index contributed by atoms with van der Waals surface area (Å²) in [5, 5.41) is 3.90. The van der Waals surface area contributed by atoms with Gasteiger partial charge in [0.1, 0.15) is 11.8 Å². The molecule has 132 valence electrons. The molecule has 0 saturated carbocycles. The van der Waals surface area contributed by atoms with Gasteiger partial charge in [-0.2, -0.15) is 0 Å². The fourth-order valence-corrected chi connectivity index (χ4v) is 3.79. The molecule has 0 bridgehead atoms. The standard InChI is InChI=1S/C17H26N4O3/c1-10-15(12(3)24-18-10)7-16(22)20-9-14-6-13(19(4)5)8-21(14)17(23)11(20)2/h11,13-14H,6-9H2,1-5H3. The van der Waals surface area contributed by atoms with Gasteiger partial charge in [0, 0.05) is 24.7 Å². The molecule has 7 nitrogen and oxygen atoms in total. The van der Waals surface area contributed by atoms with Gasteiger partial charge in [-0.3, -0.25) is 9.59 Å². The zero-order valence-electron chi connectivity index (χ0n) is 15.1. The van der Waals surface area contributed by atoms with Crippen LogP contribution in [0.4, 0.5) is 0 Å². The monoisotopic (exact) mass is 334 g/mol. The van der Waals surface area contributed by atoms with Gasteiger partial charge >= 0.3 is 0 Å². The van der Waals surface area contributed by atoms with Crippen LogP contribution in [0, 0.1) is 13.8 Å². The Balaban J connectivity index is 1.75. The lowest BCUT2D eigenvalue weighted by Crippen LogP contribution is -2.60. The summed E-state index contributed by atoms with van der Waals surface area (Å²) in [7, 11) is 4.08. The molecule has 0 aliphatic carbocycles. The highest BCUT2D eigenvalue weighted by Crippen LogP contribution is 2.28. The molecule has 0 radical (unpaired) electrons. The summed E-state index contributed by atoms with van der Waals surface area (Å²) >= 11 is 0. The Morgan fingerprint density at radius 2 is 2.04 bits per heavy atom. The fraction of sp³-hybridized carbons (Fsp3) is 0.706. The van der Waals surface area contributed by atoms with E-state index < -0.39 is 6.04 Å². The van der Waals surface area contributed by atoms with Gasteiger partial charge in [-0.15, -0.1) is 0 Å². The predicted octanol–water partition coefficient (Wildman–Crippen LogP) is 0.596. The van der Waals surface area contributed by atoms with Crippen molar-refractivity contribution in [2.45, 2.75) is 51.7 Å². The van der Waals surface area contributed by atoms with E-state index in [4.69, 9.17) is 4.52 Å². The summed E-state index contributed by atoms with van der Waals surface area (Å²) < 4.78 is 5.14. The van der Waals surface area contributed by atoms with Gasteiger partial charge in [0.05, 0.1) is 18.2 Å². The molecule has 0 aromatic carbocycles. The van der Waals surface area contributed by atoms with E-state index in [1.807, 2.05) is 39.8 Å². The van der Waals surface area contributed by atoms with Crippen molar-refractivity contribution in [3.63, 3.8) is 0 Å². The number of rotatable bonds is 3. The van der Waals surface area contributed by atoms with Crippen molar-refractivity contribution in [1.29, 1.82) is 0 Å². The normalized spacial score (nSPS) is 27.1. The van der Waals surface area contributed by atoms with Crippen LogP contribution < -0.4 is 0 Å². The molecule has 2 saturated heterocycles. The smallest absolute Gasteiger partial charge is 0.245 e. The number of likely N-dealkylation sites (N-methyl/N-ethyl adjacent to an activating group) is 1. The summed E-state index contributed by atoms with van der Waals surface area (Å²) in [6.07, 6.45) is 1.16. The first-order chi connectivity index (χ1) is 11.3. The summed E-state index contributed by atoms with van der Waals surface area (Å²) in [5.74, 6) is 0.702. The highest BCUT2D eigenvalue weighted by Gasteiger charge is 2.45. The van der Waals surface area contributed by atoms with Gasteiger partial charge in [0.25, 0.3) is 0 Å². The number of carbonyl (C=O) groups excluding carboxylic acids is 2. The molecule has 3 rings (SSSR count). The van der Waals surface area contributed by atoms with E-state index in [-0.39, 0.29) is 24.3 Å². The third kappa shape index (κ3) is 2.81. The van der Waals surface area contributed by atoms with Gasteiger partial charge in [-0.25, -0.2) is 0 Å². The zero-order valence-corrected chi connectivity index (χ0v) is 15.1. The lowest BCUT2D eigenvalue weighted by Gasteiger charge is -2.41. The molecule has 2 aliphatic rings. The summed E-state index contributed by atoms with van der Waals surface area (Å²) in [5.41, 5.74) is 1.58. The minimum Gasteiger partial charge on any atom is -0.361 e. The maximum Gasteiger partial charge on any atom is 0.245 e.